The first-order valence-corrected chi connectivity index (χ1v) is 6.38. The van der Waals surface area contributed by atoms with Crippen LogP contribution in [0.2, 0.25) is 0 Å². The predicted octanol–water partition coefficient (Wildman–Crippen LogP) is 0.0772. The maximum Gasteiger partial charge on any atom is 0.330 e. The van der Waals surface area contributed by atoms with Gasteiger partial charge in [0.05, 0.1) is 5.69 Å². The molecule has 0 aromatic carbocycles. The molecule has 2 aromatic rings. The largest absolute Gasteiger partial charge is 0.330 e. The van der Waals surface area contributed by atoms with Crippen molar-refractivity contribution in [1.82, 2.24) is 19.4 Å². The summed E-state index contributed by atoms with van der Waals surface area (Å²) < 4.78 is 2.52. The number of nitrogens with zero attached hydrogens (tertiary/aromatic N) is 3. The number of pyridine rings is 1. The Morgan fingerprint density at radius 3 is 2.65 bits per heavy atom. The molecule has 0 bridgehead atoms. The van der Waals surface area contributed by atoms with Crippen LogP contribution in [-0.4, -0.2) is 14.1 Å². The highest BCUT2D eigenvalue weighted by atomic mass is 16.2. The summed E-state index contributed by atoms with van der Waals surface area (Å²) in [5.74, 6) is 0. The van der Waals surface area contributed by atoms with Crippen LogP contribution >= 0.6 is 0 Å². The second-order valence-electron chi connectivity index (χ2n) is 4.79. The highest BCUT2D eigenvalue weighted by Crippen LogP contribution is 1.98. The summed E-state index contributed by atoms with van der Waals surface area (Å²) in [7, 11) is 3.11. The van der Waals surface area contributed by atoms with Crippen LogP contribution < -0.4 is 16.6 Å². The Morgan fingerprint density at radius 2 is 1.95 bits per heavy atom. The predicted molar refractivity (Wildman–Crippen MR) is 76.4 cm³/mol. The second-order valence-corrected chi connectivity index (χ2v) is 4.79. The molecule has 0 aliphatic rings. The van der Waals surface area contributed by atoms with E-state index in [1.54, 1.807) is 13.2 Å². The fourth-order valence-corrected chi connectivity index (χ4v) is 2.03. The zero-order chi connectivity index (χ0) is 14.7. The lowest BCUT2D eigenvalue weighted by Gasteiger charge is -2.08. The van der Waals surface area contributed by atoms with E-state index in [1.165, 1.54) is 11.6 Å². The molecule has 0 atom stereocenters. The highest BCUT2D eigenvalue weighted by molar-refractivity contribution is 5.10. The van der Waals surface area contributed by atoms with Gasteiger partial charge < -0.3 is 9.88 Å². The van der Waals surface area contributed by atoms with E-state index in [2.05, 4.69) is 10.3 Å². The van der Waals surface area contributed by atoms with E-state index in [1.807, 2.05) is 25.1 Å². The molecular weight excluding hydrogens is 256 g/mol. The van der Waals surface area contributed by atoms with Crippen molar-refractivity contribution in [2.24, 2.45) is 14.1 Å². The van der Waals surface area contributed by atoms with Crippen molar-refractivity contribution in [3.8, 4) is 0 Å². The maximum atomic E-state index is 11.9. The normalized spacial score (nSPS) is 10.8. The molecule has 0 fully saturated rings. The number of rotatable bonds is 4. The van der Waals surface area contributed by atoms with Gasteiger partial charge in [0, 0.05) is 44.6 Å². The third-order valence-corrected chi connectivity index (χ3v) is 3.09. The quantitative estimate of drug-likeness (QED) is 0.857. The molecule has 0 saturated carbocycles. The van der Waals surface area contributed by atoms with Crippen LogP contribution in [0, 0.1) is 6.92 Å². The Balaban J connectivity index is 2.09. The van der Waals surface area contributed by atoms with Crippen molar-refractivity contribution in [3.05, 3.63) is 62.2 Å². The van der Waals surface area contributed by atoms with Gasteiger partial charge in [0.1, 0.15) is 0 Å². The summed E-state index contributed by atoms with van der Waals surface area (Å²) in [6.07, 6.45) is 1.57. The monoisotopic (exact) mass is 274 g/mol. The lowest BCUT2D eigenvalue weighted by Crippen LogP contribution is -2.39. The molecule has 6 nitrogen and oxygen atoms in total. The first-order valence-electron chi connectivity index (χ1n) is 6.38. The van der Waals surface area contributed by atoms with E-state index >= 15 is 0 Å². The molecule has 20 heavy (non-hydrogen) atoms. The maximum absolute atomic E-state index is 11.9. The van der Waals surface area contributed by atoms with E-state index in [0.717, 1.165) is 16.0 Å². The number of hydrogen-bond donors (Lipinski definition) is 1. The van der Waals surface area contributed by atoms with Crippen molar-refractivity contribution in [1.29, 1.82) is 0 Å². The SMILES string of the molecule is Cc1cccc(CNCc2cn(C)c(=O)n(C)c2=O)n1. The van der Waals surface area contributed by atoms with Crippen molar-refractivity contribution in [3.63, 3.8) is 0 Å². The van der Waals surface area contributed by atoms with E-state index in [9.17, 15) is 9.59 Å². The molecule has 0 unspecified atom stereocenters. The molecule has 2 aromatic heterocycles. The van der Waals surface area contributed by atoms with Gasteiger partial charge >= 0.3 is 5.69 Å². The van der Waals surface area contributed by atoms with Gasteiger partial charge in [0.15, 0.2) is 0 Å². The average molecular weight is 274 g/mol. The smallest absolute Gasteiger partial charge is 0.307 e. The summed E-state index contributed by atoms with van der Waals surface area (Å²) in [5, 5.41) is 3.17. The Morgan fingerprint density at radius 1 is 1.20 bits per heavy atom. The van der Waals surface area contributed by atoms with Crippen molar-refractivity contribution >= 4 is 0 Å². The van der Waals surface area contributed by atoms with E-state index in [0.29, 0.717) is 18.7 Å². The number of aromatic nitrogens is 3. The standard InChI is InChI=1S/C14H18N4O2/c1-10-5-4-6-12(16-10)8-15-7-11-9-17(2)14(20)18(3)13(11)19/h4-6,9,15H,7-8H2,1-3H3. The van der Waals surface area contributed by atoms with Crippen molar-refractivity contribution in [2.75, 3.05) is 0 Å². The summed E-state index contributed by atoms with van der Waals surface area (Å²) in [6.45, 7) is 2.91. The minimum absolute atomic E-state index is 0.266. The van der Waals surface area contributed by atoms with Gasteiger partial charge in [-0.05, 0) is 19.1 Å². The van der Waals surface area contributed by atoms with Crippen LogP contribution in [-0.2, 0) is 27.2 Å². The van der Waals surface area contributed by atoms with Gasteiger partial charge in [0.25, 0.3) is 5.56 Å². The van der Waals surface area contributed by atoms with Gasteiger partial charge in [-0.3, -0.25) is 14.3 Å². The summed E-state index contributed by atoms with van der Waals surface area (Å²) >= 11 is 0. The molecule has 0 amide bonds. The van der Waals surface area contributed by atoms with Crippen LogP contribution in [0.3, 0.4) is 0 Å². The van der Waals surface area contributed by atoms with E-state index in [-0.39, 0.29) is 11.2 Å². The van der Waals surface area contributed by atoms with Crippen LogP contribution in [0.15, 0.2) is 34.0 Å². The second kappa shape index (κ2) is 5.83. The lowest BCUT2D eigenvalue weighted by atomic mass is 10.3. The number of hydrogen-bond acceptors (Lipinski definition) is 4. The Hall–Kier alpha value is -2.21. The first kappa shape index (κ1) is 14.2. The molecule has 106 valence electrons. The lowest BCUT2D eigenvalue weighted by molar-refractivity contribution is 0.625. The highest BCUT2D eigenvalue weighted by Gasteiger charge is 2.06. The van der Waals surface area contributed by atoms with Crippen molar-refractivity contribution < 1.29 is 0 Å². The van der Waals surface area contributed by atoms with Gasteiger partial charge in [-0.2, -0.15) is 0 Å². The molecular formula is C14H18N4O2. The number of aryl methyl sites for hydroxylation is 2. The van der Waals surface area contributed by atoms with E-state index < -0.39 is 0 Å². The Labute approximate surface area is 116 Å². The Bertz CT molecular complexity index is 731. The third kappa shape index (κ3) is 3.03. The minimum Gasteiger partial charge on any atom is -0.307 e. The fraction of sp³-hybridized carbons (Fsp3) is 0.357. The minimum atomic E-state index is -0.320. The van der Waals surface area contributed by atoms with Crippen LogP contribution in [0.1, 0.15) is 17.0 Å². The van der Waals surface area contributed by atoms with E-state index in [4.69, 9.17) is 0 Å². The molecule has 6 heteroatoms. The topological polar surface area (TPSA) is 68.9 Å². The first-order chi connectivity index (χ1) is 9.49. The van der Waals surface area contributed by atoms with Crippen molar-refractivity contribution in [2.45, 2.75) is 20.0 Å². The number of nitrogens with one attached hydrogen (secondary N) is 1. The molecule has 2 heterocycles. The third-order valence-electron chi connectivity index (χ3n) is 3.09. The average Bonchev–Trinajstić information content (AvgIpc) is 2.42. The zero-order valence-electron chi connectivity index (χ0n) is 11.9. The molecule has 0 radical (unpaired) electrons. The molecule has 1 N–H and O–H groups in total. The molecule has 0 aliphatic heterocycles. The van der Waals surface area contributed by atoms with Crippen LogP contribution in [0.25, 0.3) is 0 Å². The molecule has 0 aliphatic carbocycles. The zero-order valence-corrected chi connectivity index (χ0v) is 11.9. The summed E-state index contributed by atoms with van der Waals surface area (Å²) in [5.41, 5.74) is 1.85. The van der Waals surface area contributed by atoms with Gasteiger partial charge in [-0.1, -0.05) is 6.07 Å². The van der Waals surface area contributed by atoms with Gasteiger partial charge in [0.2, 0.25) is 0 Å². The van der Waals surface area contributed by atoms with Gasteiger partial charge in [-0.25, -0.2) is 4.79 Å². The van der Waals surface area contributed by atoms with Gasteiger partial charge in [-0.15, -0.1) is 0 Å². The Kier molecular flexibility index (Phi) is 4.14. The van der Waals surface area contributed by atoms with Crippen LogP contribution in [0.4, 0.5) is 0 Å². The fourth-order valence-electron chi connectivity index (χ4n) is 2.03. The molecule has 2 rings (SSSR count). The molecule has 0 saturated heterocycles. The molecule has 0 spiro atoms. The summed E-state index contributed by atoms with van der Waals surface area (Å²) in [6, 6.07) is 5.82. The summed E-state index contributed by atoms with van der Waals surface area (Å²) in [4.78, 5) is 27.9. The van der Waals surface area contributed by atoms with Crippen LogP contribution in [0.5, 0.6) is 0 Å².